The molecule has 0 aliphatic carbocycles. The number of rotatable bonds is 3. The Bertz CT molecular complexity index is 484. The van der Waals surface area contributed by atoms with E-state index in [9.17, 15) is 5.11 Å². The fraction of sp³-hybridized carbons (Fsp3) is 0.462. The molecule has 1 saturated heterocycles. The molecule has 1 aliphatic heterocycles. The first-order valence-corrected chi connectivity index (χ1v) is 6.90. The molecule has 1 heterocycles. The van der Waals surface area contributed by atoms with Gasteiger partial charge in [0.25, 0.3) is 0 Å². The maximum atomic E-state index is 9.24. The maximum absolute atomic E-state index is 9.24. The summed E-state index contributed by atoms with van der Waals surface area (Å²) in [4.78, 5) is 2.44. The molecule has 1 aromatic rings. The van der Waals surface area contributed by atoms with Gasteiger partial charge in [-0.2, -0.15) is 0 Å². The summed E-state index contributed by atoms with van der Waals surface area (Å²) in [5.41, 5.74) is 7.25. The largest absolute Gasteiger partial charge is 0.394 e. The van der Waals surface area contributed by atoms with E-state index in [1.165, 1.54) is 0 Å². The molecule has 6 heteroatoms. The highest BCUT2D eigenvalue weighted by Gasteiger charge is 2.26. The molecule has 2 unspecified atom stereocenters. The van der Waals surface area contributed by atoms with Gasteiger partial charge in [-0.15, -0.1) is 0 Å². The molecule has 19 heavy (non-hydrogen) atoms. The predicted octanol–water partition coefficient (Wildman–Crippen LogP) is 1.56. The summed E-state index contributed by atoms with van der Waals surface area (Å²) in [5, 5.41) is 9.85. The lowest BCUT2D eigenvalue weighted by atomic mass is 10.1. The van der Waals surface area contributed by atoms with Gasteiger partial charge in [0.15, 0.2) is 0 Å². The number of benzene rings is 1. The van der Waals surface area contributed by atoms with Crippen molar-refractivity contribution in [3.8, 4) is 0 Å². The van der Waals surface area contributed by atoms with Gasteiger partial charge in [-0.1, -0.05) is 23.8 Å². The Morgan fingerprint density at radius 3 is 2.89 bits per heavy atom. The zero-order valence-electron chi connectivity index (χ0n) is 10.7. The van der Waals surface area contributed by atoms with E-state index >= 15 is 0 Å². The van der Waals surface area contributed by atoms with E-state index in [2.05, 4.69) is 4.90 Å². The number of thiocarbonyl (C=S) groups is 1. The molecule has 0 radical (unpaired) electrons. The van der Waals surface area contributed by atoms with Crippen molar-refractivity contribution in [2.24, 2.45) is 5.73 Å². The molecule has 0 aromatic heterocycles. The summed E-state index contributed by atoms with van der Waals surface area (Å²) < 4.78 is 5.61. The summed E-state index contributed by atoms with van der Waals surface area (Å²) in [6.45, 7) is 3.34. The van der Waals surface area contributed by atoms with E-state index in [0.717, 1.165) is 17.8 Å². The second-order valence-electron chi connectivity index (χ2n) is 4.69. The normalized spacial score (nSPS) is 23.4. The lowest BCUT2D eigenvalue weighted by Gasteiger charge is -2.38. The standard InChI is InChI=1S/C13H17ClN2O2S/c1-8-5-16(6-10(7-17)18-8)12-3-2-9(13(15)19)4-11(12)14/h2-4,8,10,17H,5-7H2,1H3,(H2,15,19). The Morgan fingerprint density at radius 2 is 2.32 bits per heavy atom. The second kappa shape index (κ2) is 6.05. The molecule has 0 saturated carbocycles. The van der Waals surface area contributed by atoms with E-state index < -0.39 is 0 Å². The van der Waals surface area contributed by atoms with Crippen LogP contribution >= 0.6 is 23.8 Å². The minimum absolute atomic E-state index is 0.00340. The van der Waals surface area contributed by atoms with E-state index in [1.54, 1.807) is 6.07 Å². The van der Waals surface area contributed by atoms with Crippen LogP contribution in [-0.4, -0.2) is 42.0 Å². The Kier molecular flexibility index (Phi) is 4.62. The number of nitrogens with two attached hydrogens (primary N) is 1. The van der Waals surface area contributed by atoms with Gasteiger partial charge in [0.05, 0.1) is 29.5 Å². The number of halogens is 1. The number of hydrogen-bond donors (Lipinski definition) is 2. The lowest BCUT2D eigenvalue weighted by Crippen LogP contribution is -2.48. The first-order valence-electron chi connectivity index (χ1n) is 6.12. The maximum Gasteiger partial charge on any atom is 0.104 e. The first-order chi connectivity index (χ1) is 9.01. The molecule has 1 aliphatic rings. The van der Waals surface area contributed by atoms with Crippen LogP contribution in [0.15, 0.2) is 18.2 Å². The molecule has 4 nitrogen and oxygen atoms in total. The molecular formula is C13H17ClN2O2S. The van der Waals surface area contributed by atoms with E-state index in [-0.39, 0.29) is 18.8 Å². The van der Waals surface area contributed by atoms with Crippen LogP contribution in [0.5, 0.6) is 0 Å². The predicted molar refractivity (Wildman–Crippen MR) is 81.0 cm³/mol. The Morgan fingerprint density at radius 1 is 1.58 bits per heavy atom. The summed E-state index contributed by atoms with van der Waals surface area (Å²) >= 11 is 11.2. The molecule has 1 fully saturated rings. The summed E-state index contributed by atoms with van der Waals surface area (Å²) in [6.07, 6.45) is -0.132. The molecule has 3 N–H and O–H groups in total. The Labute approximate surface area is 123 Å². The fourth-order valence-electron chi connectivity index (χ4n) is 2.26. The topological polar surface area (TPSA) is 58.7 Å². The van der Waals surface area contributed by atoms with E-state index in [4.69, 9.17) is 34.3 Å². The van der Waals surface area contributed by atoms with Crippen molar-refractivity contribution in [2.45, 2.75) is 19.1 Å². The summed E-state index contributed by atoms with van der Waals surface area (Å²) in [7, 11) is 0. The SMILES string of the molecule is CC1CN(c2ccc(C(N)=S)cc2Cl)CC(CO)O1. The van der Waals surface area contributed by atoms with Crippen LogP contribution < -0.4 is 10.6 Å². The number of nitrogens with zero attached hydrogens (tertiary/aromatic N) is 1. The number of ether oxygens (including phenoxy) is 1. The fourth-order valence-corrected chi connectivity index (χ4v) is 2.69. The van der Waals surface area contributed by atoms with E-state index in [1.807, 2.05) is 19.1 Å². The van der Waals surface area contributed by atoms with Crippen molar-refractivity contribution >= 4 is 34.5 Å². The average molecular weight is 301 g/mol. The van der Waals surface area contributed by atoms with Crippen LogP contribution in [0.2, 0.25) is 5.02 Å². The quantitative estimate of drug-likeness (QED) is 0.830. The van der Waals surface area contributed by atoms with Gasteiger partial charge in [-0.3, -0.25) is 0 Å². The molecule has 0 bridgehead atoms. The highest BCUT2D eigenvalue weighted by Crippen LogP contribution is 2.29. The van der Waals surface area contributed by atoms with Gasteiger partial charge < -0.3 is 20.5 Å². The number of morpholine rings is 1. The minimum atomic E-state index is -0.185. The smallest absolute Gasteiger partial charge is 0.104 e. The number of aliphatic hydroxyl groups excluding tert-OH is 1. The van der Waals surface area contributed by atoms with Crippen molar-refractivity contribution in [1.29, 1.82) is 0 Å². The number of hydrogen-bond acceptors (Lipinski definition) is 4. The van der Waals surface area contributed by atoms with Crippen LogP contribution in [0, 0.1) is 0 Å². The molecule has 0 amide bonds. The third-order valence-corrected chi connectivity index (χ3v) is 3.64. The minimum Gasteiger partial charge on any atom is -0.394 e. The van der Waals surface area contributed by atoms with Gasteiger partial charge in [0, 0.05) is 18.7 Å². The molecule has 0 spiro atoms. The Balaban J connectivity index is 2.23. The summed E-state index contributed by atoms with van der Waals surface area (Å²) in [5.74, 6) is 0. The van der Waals surface area contributed by atoms with Gasteiger partial charge in [0.2, 0.25) is 0 Å². The van der Waals surface area contributed by atoms with Crippen LogP contribution in [0.1, 0.15) is 12.5 Å². The monoisotopic (exact) mass is 300 g/mol. The lowest BCUT2D eigenvalue weighted by molar-refractivity contribution is -0.0421. The van der Waals surface area contributed by atoms with Crippen molar-refractivity contribution < 1.29 is 9.84 Å². The highest BCUT2D eigenvalue weighted by molar-refractivity contribution is 7.80. The van der Waals surface area contributed by atoms with Crippen molar-refractivity contribution in [3.05, 3.63) is 28.8 Å². The average Bonchev–Trinajstić information content (AvgIpc) is 2.37. The molecule has 1 aromatic carbocycles. The van der Waals surface area contributed by atoms with Crippen molar-refractivity contribution in [3.63, 3.8) is 0 Å². The number of anilines is 1. The van der Waals surface area contributed by atoms with Gasteiger partial charge in [-0.25, -0.2) is 0 Å². The third-order valence-electron chi connectivity index (χ3n) is 3.10. The molecular weight excluding hydrogens is 284 g/mol. The Hall–Kier alpha value is -0.880. The third kappa shape index (κ3) is 3.36. The van der Waals surface area contributed by atoms with Gasteiger partial charge in [-0.05, 0) is 25.1 Å². The molecule has 104 valence electrons. The molecule has 2 rings (SSSR count). The first kappa shape index (κ1) is 14.5. The number of aliphatic hydroxyl groups is 1. The van der Waals surface area contributed by atoms with Crippen molar-refractivity contribution in [2.75, 3.05) is 24.6 Å². The van der Waals surface area contributed by atoms with Crippen molar-refractivity contribution in [1.82, 2.24) is 0 Å². The van der Waals surface area contributed by atoms with Crippen LogP contribution in [0.3, 0.4) is 0 Å². The van der Waals surface area contributed by atoms with Gasteiger partial charge in [0.1, 0.15) is 4.99 Å². The van der Waals surface area contributed by atoms with Crippen LogP contribution in [0.4, 0.5) is 5.69 Å². The zero-order chi connectivity index (χ0) is 14.0. The summed E-state index contributed by atoms with van der Waals surface area (Å²) in [6, 6.07) is 5.54. The zero-order valence-corrected chi connectivity index (χ0v) is 12.2. The molecule has 2 atom stereocenters. The van der Waals surface area contributed by atoms with Crippen LogP contribution in [0.25, 0.3) is 0 Å². The van der Waals surface area contributed by atoms with E-state index in [0.29, 0.717) is 16.6 Å². The highest BCUT2D eigenvalue weighted by atomic mass is 35.5. The second-order valence-corrected chi connectivity index (χ2v) is 5.53. The van der Waals surface area contributed by atoms with Crippen LogP contribution in [-0.2, 0) is 4.74 Å². The van der Waals surface area contributed by atoms with Gasteiger partial charge >= 0.3 is 0 Å².